The van der Waals surface area contributed by atoms with Crippen LogP contribution in [0.25, 0.3) is 0 Å². The molecule has 0 saturated heterocycles. The molecule has 0 unspecified atom stereocenters. The number of amides is 2. The van der Waals surface area contributed by atoms with E-state index in [4.69, 9.17) is 5.73 Å². The molecule has 0 saturated carbocycles. The maximum absolute atomic E-state index is 12.9. The van der Waals surface area contributed by atoms with Gasteiger partial charge in [-0.25, -0.2) is 4.39 Å². The maximum Gasteiger partial charge on any atom is 0.251 e. The van der Waals surface area contributed by atoms with Gasteiger partial charge in [0.15, 0.2) is 0 Å². The topological polar surface area (TPSA) is 84.2 Å². The van der Waals surface area contributed by atoms with Crippen LogP contribution in [-0.2, 0) is 4.79 Å². The molecule has 0 aliphatic rings. The van der Waals surface area contributed by atoms with Gasteiger partial charge in [-0.05, 0) is 24.6 Å². The highest BCUT2D eigenvalue weighted by Crippen LogP contribution is 2.02. The summed E-state index contributed by atoms with van der Waals surface area (Å²) in [7, 11) is 0. The number of benzene rings is 1. The molecule has 0 aliphatic carbocycles. The van der Waals surface area contributed by atoms with E-state index in [9.17, 15) is 14.0 Å². The van der Waals surface area contributed by atoms with E-state index in [2.05, 4.69) is 10.6 Å². The third kappa shape index (κ3) is 7.06. The number of hydrogen-bond acceptors (Lipinski definition) is 3. The number of halogens is 2. The summed E-state index contributed by atoms with van der Waals surface area (Å²) in [6, 6.07) is 5.49. The number of nitrogens with one attached hydrogen (secondary N) is 2. The number of carbonyl (C=O) groups excluding carboxylic acids is 2. The molecule has 4 N–H and O–H groups in total. The second-order valence-corrected chi connectivity index (χ2v) is 4.01. The van der Waals surface area contributed by atoms with Gasteiger partial charge in [-0.15, -0.1) is 12.4 Å². The van der Waals surface area contributed by atoms with Crippen molar-refractivity contribution in [2.45, 2.75) is 12.8 Å². The van der Waals surface area contributed by atoms with E-state index in [0.29, 0.717) is 32.5 Å². The zero-order valence-corrected chi connectivity index (χ0v) is 11.8. The van der Waals surface area contributed by atoms with E-state index in [1.54, 1.807) is 6.07 Å². The molecule has 0 aliphatic heterocycles. The number of hydrogen-bond donors (Lipinski definition) is 3. The lowest BCUT2D eigenvalue weighted by molar-refractivity contribution is -0.120. The Kier molecular flexibility index (Phi) is 9.32. The molecule has 1 rings (SSSR count). The SMILES string of the molecule is Cl.NCCC(=O)NCCCNC(=O)c1cccc(F)c1. The van der Waals surface area contributed by atoms with Gasteiger partial charge in [0.2, 0.25) is 5.91 Å². The zero-order chi connectivity index (χ0) is 14.1. The molecule has 1 aromatic carbocycles. The van der Waals surface area contributed by atoms with Crippen molar-refractivity contribution in [2.75, 3.05) is 19.6 Å². The lowest BCUT2D eigenvalue weighted by Gasteiger charge is -2.06. The van der Waals surface area contributed by atoms with Crippen LogP contribution in [0, 0.1) is 5.82 Å². The minimum atomic E-state index is -0.443. The Morgan fingerprint density at radius 1 is 1.20 bits per heavy atom. The molecule has 0 fully saturated rings. The van der Waals surface area contributed by atoms with E-state index >= 15 is 0 Å². The van der Waals surface area contributed by atoms with E-state index in [1.807, 2.05) is 0 Å². The Morgan fingerprint density at radius 3 is 2.55 bits per heavy atom. The smallest absolute Gasteiger partial charge is 0.251 e. The summed E-state index contributed by atoms with van der Waals surface area (Å²) in [6.45, 7) is 1.21. The van der Waals surface area contributed by atoms with E-state index in [-0.39, 0.29) is 29.8 Å². The monoisotopic (exact) mass is 303 g/mol. The molecule has 0 atom stereocenters. The van der Waals surface area contributed by atoms with E-state index < -0.39 is 5.82 Å². The largest absolute Gasteiger partial charge is 0.356 e. The molecule has 0 heterocycles. The van der Waals surface area contributed by atoms with Gasteiger partial charge in [0, 0.05) is 31.6 Å². The highest BCUT2D eigenvalue weighted by Gasteiger charge is 2.05. The molecule has 1 aromatic rings. The Bertz CT molecular complexity index is 443. The lowest BCUT2D eigenvalue weighted by atomic mass is 10.2. The van der Waals surface area contributed by atoms with Gasteiger partial charge in [-0.3, -0.25) is 9.59 Å². The molecule has 0 bridgehead atoms. The van der Waals surface area contributed by atoms with Gasteiger partial charge in [0.05, 0.1) is 0 Å². The number of nitrogens with two attached hydrogens (primary N) is 1. The van der Waals surface area contributed by atoms with E-state index in [0.717, 1.165) is 0 Å². The van der Waals surface area contributed by atoms with Crippen LogP contribution < -0.4 is 16.4 Å². The van der Waals surface area contributed by atoms with Crippen molar-refractivity contribution in [3.63, 3.8) is 0 Å². The third-order valence-electron chi connectivity index (χ3n) is 2.42. The predicted molar refractivity (Wildman–Crippen MR) is 77.3 cm³/mol. The molecule has 112 valence electrons. The van der Waals surface area contributed by atoms with Crippen molar-refractivity contribution in [1.82, 2.24) is 10.6 Å². The predicted octanol–water partition coefficient (Wildman–Crippen LogP) is 0.832. The fraction of sp³-hybridized carbons (Fsp3) is 0.385. The van der Waals surface area contributed by atoms with Crippen LogP contribution in [0.2, 0.25) is 0 Å². The average Bonchev–Trinajstić information content (AvgIpc) is 2.38. The van der Waals surface area contributed by atoms with Gasteiger partial charge in [-0.1, -0.05) is 6.07 Å². The first kappa shape index (κ1) is 18.3. The molecule has 7 heteroatoms. The normalized spacial score (nSPS) is 9.50. The Labute approximate surface area is 123 Å². The van der Waals surface area contributed by atoms with Crippen LogP contribution in [0.5, 0.6) is 0 Å². The fourth-order valence-corrected chi connectivity index (χ4v) is 1.47. The highest BCUT2D eigenvalue weighted by atomic mass is 35.5. The number of rotatable bonds is 7. The van der Waals surface area contributed by atoms with Crippen molar-refractivity contribution in [2.24, 2.45) is 5.73 Å². The highest BCUT2D eigenvalue weighted by molar-refractivity contribution is 5.94. The van der Waals surface area contributed by atoms with Crippen molar-refractivity contribution < 1.29 is 14.0 Å². The minimum absolute atomic E-state index is 0. The van der Waals surface area contributed by atoms with Crippen molar-refractivity contribution in [3.8, 4) is 0 Å². The molecule has 20 heavy (non-hydrogen) atoms. The summed E-state index contributed by atoms with van der Waals surface area (Å²) in [4.78, 5) is 22.7. The van der Waals surface area contributed by atoms with Crippen LogP contribution in [0.3, 0.4) is 0 Å². The molecule has 0 aromatic heterocycles. The van der Waals surface area contributed by atoms with Crippen LogP contribution in [-0.4, -0.2) is 31.4 Å². The first-order chi connectivity index (χ1) is 9.13. The van der Waals surface area contributed by atoms with Crippen molar-refractivity contribution in [3.05, 3.63) is 35.6 Å². The Balaban J connectivity index is 0.00000361. The summed E-state index contributed by atoms with van der Waals surface area (Å²) >= 11 is 0. The summed E-state index contributed by atoms with van der Waals surface area (Å²) in [5.41, 5.74) is 5.51. The summed E-state index contributed by atoms with van der Waals surface area (Å²) in [5, 5.41) is 5.33. The van der Waals surface area contributed by atoms with Crippen LogP contribution >= 0.6 is 12.4 Å². The minimum Gasteiger partial charge on any atom is -0.356 e. The third-order valence-corrected chi connectivity index (χ3v) is 2.42. The molecule has 0 spiro atoms. The van der Waals surface area contributed by atoms with Crippen molar-refractivity contribution in [1.29, 1.82) is 0 Å². The molecule has 2 amide bonds. The summed E-state index contributed by atoms with van der Waals surface area (Å²) in [5.74, 6) is -0.867. The van der Waals surface area contributed by atoms with Gasteiger partial charge < -0.3 is 16.4 Å². The van der Waals surface area contributed by atoms with Crippen molar-refractivity contribution >= 4 is 24.2 Å². The lowest BCUT2D eigenvalue weighted by Crippen LogP contribution is -2.30. The quantitative estimate of drug-likeness (QED) is 0.652. The summed E-state index contributed by atoms with van der Waals surface area (Å²) in [6.07, 6.45) is 0.910. The van der Waals surface area contributed by atoms with E-state index in [1.165, 1.54) is 18.2 Å². The molecule has 5 nitrogen and oxygen atoms in total. The molecule has 0 radical (unpaired) electrons. The Morgan fingerprint density at radius 2 is 1.90 bits per heavy atom. The summed E-state index contributed by atoms with van der Waals surface area (Å²) < 4.78 is 12.9. The second kappa shape index (κ2) is 10.2. The van der Waals surface area contributed by atoms with Gasteiger partial charge >= 0.3 is 0 Å². The maximum atomic E-state index is 12.9. The van der Waals surface area contributed by atoms with Crippen LogP contribution in [0.4, 0.5) is 4.39 Å². The van der Waals surface area contributed by atoms with Gasteiger partial charge in [0.25, 0.3) is 5.91 Å². The Hall–Kier alpha value is -1.66. The standard InChI is InChI=1S/C13H18FN3O2.ClH/c14-11-4-1-3-10(9-11)13(19)17-8-2-7-16-12(18)5-6-15;/h1,3-4,9H,2,5-8,15H2,(H,16,18)(H,17,19);1H. The average molecular weight is 304 g/mol. The van der Waals surface area contributed by atoms with Crippen LogP contribution in [0.15, 0.2) is 24.3 Å². The van der Waals surface area contributed by atoms with Gasteiger partial charge in [-0.2, -0.15) is 0 Å². The van der Waals surface area contributed by atoms with Gasteiger partial charge in [0.1, 0.15) is 5.82 Å². The molecular formula is C13H19ClFN3O2. The second-order valence-electron chi connectivity index (χ2n) is 4.01. The first-order valence-electron chi connectivity index (χ1n) is 6.14. The first-order valence-corrected chi connectivity index (χ1v) is 6.14. The molecular weight excluding hydrogens is 285 g/mol. The van der Waals surface area contributed by atoms with Crippen LogP contribution in [0.1, 0.15) is 23.2 Å². The fourth-order valence-electron chi connectivity index (χ4n) is 1.47. The number of carbonyl (C=O) groups is 2. The zero-order valence-electron chi connectivity index (χ0n) is 11.0.